The number of benzene rings is 2. The molecule has 0 aliphatic carbocycles. The van der Waals surface area contributed by atoms with E-state index in [1.165, 1.54) is 24.3 Å². The fourth-order valence-electron chi connectivity index (χ4n) is 1.70. The third-order valence-corrected chi connectivity index (χ3v) is 3.31. The highest BCUT2D eigenvalue weighted by Gasteiger charge is 2.16. The summed E-state index contributed by atoms with van der Waals surface area (Å²) >= 11 is 11.8. The van der Waals surface area contributed by atoms with E-state index in [9.17, 15) is 14.7 Å². The predicted octanol–water partition coefficient (Wildman–Crippen LogP) is 3.65. The highest BCUT2D eigenvalue weighted by molar-refractivity contribution is 6.40. The molecule has 0 aromatic heterocycles. The Bertz CT molecular complexity index is 711. The zero-order chi connectivity index (χ0) is 15.6. The normalized spacial score (nSPS) is 10.2. The van der Waals surface area contributed by atoms with E-state index in [0.29, 0.717) is 0 Å². The largest absolute Gasteiger partial charge is 0.507 e. The number of rotatable bonds is 3. The Morgan fingerprint density at radius 2 is 1.67 bits per heavy atom. The number of aromatic hydroxyl groups is 1. The Morgan fingerprint density at radius 1 is 1.05 bits per heavy atom. The minimum atomic E-state index is -1.26. The number of anilines is 1. The Balaban J connectivity index is 2.28. The molecular formula is C14H9Cl2NO4. The van der Waals surface area contributed by atoms with E-state index >= 15 is 0 Å². The van der Waals surface area contributed by atoms with Gasteiger partial charge in [0.2, 0.25) is 0 Å². The van der Waals surface area contributed by atoms with Crippen molar-refractivity contribution in [3.05, 3.63) is 57.6 Å². The quantitative estimate of drug-likeness (QED) is 0.803. The standard InChI is InChI=1S/C14H9Cl2NO4/c15-9-2-1-3-10(16)12(9)13(19)17-7-4-5-8(14(20)21)11(18)6-7/h1-6,18H,(H,17,19)(H,20,21). The van der Waals surface area contributed by atoms with Crippen LogP contribution in [0.15, 0.2) is 36.4 Å². The SMILES string of the molecule is O=C(O)c1ccc(NC(=O)c2c(Cl)cccc2Cl)cc1O. The molecule has 0 saturated carbocycles. The number of amides is 1. The number of phenols is 1. The predicted molar refractivity (Wildman–Crippen MR) is 79.5 cm³/mol. The summed E-state index contributed by atoms with van der Waals surface area (Å²) in [4.78, 5) is 22.9. The molecule has 0 radical (unpaired) electrons. The molecule has 7 heteroatoms. The van der Waals surface area contributed by atoms with Gasteiger partial charge in [0.15, 0.2) is 0 Å². The van der Waals surface area contributed by atoms with Gasteiger partial charge in [0.25, 0.3) is 5.91 Å². The minimum absolute atomic E-state index is 0.0997. The first kappa shape index (κ1) is 15.2. The third-order valence-electron chi connectivity index (χ3n) is 2.68. The Labute approximate surface area is 129 Å². The molecule has 0 atom stereocenters. The molecule has 21 heavy (non-hydrogen) atoms. The molecule has 1 amide bonds. The zero-order valence-electron chi connectivity index (χ0n) is 10.4. The molecule has 0 fully saturated rings. The lowest BCUT2D eigenvalue weighted by molar-refractivity contribution is 0.0693. The van der Waals surface area contributed by atoms with Crippen LogP contribution in [0, 0.1) is 0 Å². The number of hydrogen-bond acceptors (Lipinski definition) is 3. The molecule has 3 N–H and O–H groups in total. The van der Waals surface area contributed by atoms with Crippen LogP contribution >= 0.6 is 23.2 Å². The van der Waals surface area contributed by atoms with Crippen LogP contribution in [0.1, 0.15) is 20.7 Å². The highest BCUT2D eigenvalue weighted by Crippen LogP contribution is 2.27. The van der Waals surface area contributed by atoms with Crippen LogP contribution in [-0.2, 0) is 0 Å². The molecular weight excluding hydrogens is 317 g/mol. The van der Waals surface area contributed by atoms with Crippen LogP contribution in [0.4, 0.5) is 5.69 Å². The van der Waals surface area contributed by atoms with Gasteiger partial charge in [0.1, 0.15) is 11.3 Å². The molecule has 0 unspecified atom stereocenters. The van der Waals surface area contributed by atoms with Crippen molar-refractivity contribution in [1.82, 2.24) is 0 Å². The van der Waals surface area contributed by atoms with Crippen LogP contribution in [0.3, 0.4) is 0 Å². The maximum atomic E-state index is 12.1. The van der Waals surface area contributed by atoms with Crippen LogP contribution in [-0.4, -0.2) is 22.1 Å². The van der Waals surface area contributed by atoms with Crippen molar-refractivity contribution in [3.8, 4) is 5.75 Å². The van der Waals surface area contributed by atoms with Crippen molar-refractivity contribution in [2.75, 3.05) is 5.32 Å². The average molecular weight is 326 g/mol. The van der Waals surface area contributed by atoms with E-state index < -0.39 is 17.6 Å². The molecule has 0 bridgehead atoms. The highest BCUT2D eigenvalue weighted by atomic mass is 35.5. The maximum absolute atomic E-state index is 12.1. The second-order valence-electron chi connectivity index (χ2n) is 4.09. The average Bonchev–Trinajstić information content (AvgIpc) is 2.37. The first-order chi connectivity index (χ1) is 9.90. The maximum Gasteiger partial charge on any atom is 0.339 e. The summed E-state index contributed by atoms with van der Waals surface area (Å²) in [7, 11) is 0. The molecule has 0 spiro atoms. The summed E-state index contributed by atoms with van der Waals surface area (Å²) in [6, 6.07) is 8.31. The summed E-state index contributed by atoms with van der Waals surface area (Å²) in [5.41, 5.74) is 0.0601. The van der Waals surface area contributed by atoms with Crippen LogP contribution in [0.25, 0.3) is 0 Å². The third kappa shape index (κ3) is 3.26. The molecule has 0 aliphatic rings. The van der Waals surface area contributed by atoms with Gasteiger partial charge in [-0.2, -0.15) is 0 Å². The molecule has 0 heterocycles. The van der Waals surface area contributed by atoms with Crippen molar-refractivity contribution in [2.24, 2.45) is 0 Å². The molecule has 2 aromatic rings. The first-order valence-corrected chi connectivity index (χ1v) is 6.47. The topological polar surface area (TPSA) is 86.6 Å². The van der Waals surface area contributed by atoms with Gasteiger partial charge in [0.05, 0.1) is 15.6 Å². The van der Waals surface area contributed by atoms with Crippen molar-refractivity contribution >= 4 is 40.8 Å². The minimum Gasteiger partial charge on any atom is -0.507 e. The number of halogens is 2. The Kier molecular flexibility index (Phi) is 4.35. The Hall–Kier alpha value is -2.24. The number of carboxylic acids is 1. The van der Waals surface area contributed by atoms with Gasteiger partial charge in [-0.05, 0) is 24.3 Å². The first-order valence-electron chi connectivity index (χ1n) is 5.72. The molecule has 108 valence electrons. The van der Waals surface area contributed by atoms with Gasteiger partial charge in [-0.3, -0.25) is 4.79 Å². The van der Waals surface area contributed by atoms with Crippen molar-refractivity contribution < 1.29 is 19.8 Å². The second kappa shape index (κ2) is 6.03. The van der Waals surface area contributed by atoms with Gasteiger partial charge in [0, 0.05) is 11.8 Å². The van der Waals surface area contributed by atoms with E-state index in [1.54, 1.807) is 6.07 Å². The van der Waals surface area contributed by atoms with Gasteiger partial charge >= 0.3 is 5.97 Å². The van der Waals surface area contributed by atoms with E-state index in [-0.39, 0.29) is 26.9 Å². The lowest BCUT2D eigenvalue weighted by atomic mass is 10.1. The fraction of sp³-hybridized carbons (Fsp3) is 0. The van der Waals surface area contributed by atoms with Crippen molar-refractivity contribution in [3.63, 3.8) is 0 Å². The summed E-state index contributed by atoms with van der Waals surface area (Å²) in [5, 5.41) is 21.2. The molecule has 0 aliphatic heterocycles. The van der Waals surface area contributed by atoms with E-state index in [2.05, 4.69) is 5.32 Å². The van der Waals surface area contributed by atoms with Gasteiger partial charge < -0.3 is 15.5 Å². The van der Waals surface area contributed by atoms with E-state index in [1.807, 2.05) is 0 Å². The van der Waals surface area contributed by atoms with Gasteiger partial charge in [-0.15, -0.1) is 0 Å². The number of nitrogens with one attached hydrogen (secondary N) is 1. The van der Waals surface area contributed by atoms with E-state index in [0.717, 1.165) is 6.07 Å². The van der Waals surface area contributed by atoms with Gasteiger partial charge in [-0.25, -0.2) is 4.79 Å². The summed E-state index contributed by atoms with van der Waals surface area (Å²) in [5.74, 6) is -2.28. The second-order valence-corrected chi connectivity index (χ2v) is 4.90. The summed E-state index contributed by atoms with van der Waals surface area (Å²) < 4.78 is 0. The molecule has 0 saturated heterocycles. The molecule has 2 rings (SSSR count). The van der Waals surface area contributed by atoms with Gasteiger partial charge in [-0.1, -0.05) is 29.3 Å². The van der Waals surface area contributed by atoms with Crippen molar-refractivity contribution in [2.45, 2.75) is 0 Å². The molecule has 2 aromatic carbocycles. The summed E-state index contributed by atoms with van der Waals surface area (Å²) in [6.07, 6.45) is 0. The fourth-order valence-corrected chi connectivity index (χ4v) is 2.27. The van der Waals surface area contributed by atoms with Crippen LogP contribution < -0.4 is 5.32 Å². The van der Waals surface area contributed by atoms with Crippen LogP contribution in [0.5, 0.6) is 5.75 Å². The summed E-state index contributed by atoms with van der Waals surface area (Å²) in [6.45, 7) is 0. The van der Waals surface area contributed by atoms with E-state index in [4.69, 9.17) is 28.3 Å². The number of carbonyl (C=O) groups is 2. The number of carbonyl (C=O) groups excluding carboxylic acids is 1. The smallest absolute Gasteiger partial charge is 0.339 e. The molecule has 5 nitrogen and oxygen atoms in total. The zero-order valence-corrected chi connectivity index (χ0v) is 11.9. The lowest BCUT2D eigenvalue weighted by Crippen LogP contribution is -2.13. The lowest BCUT2D eigenvalue weighted by Gasteiger charge is -2.09. The van der Waals surface area contributed by atoms with Crippen molar-refractivity contribution in [1.29, 1.82) is 0 Å². The number of hydrogen-bond donors (Lipinski definition) is 3. The monoisotopic (exact) mass is 325 g/mol. The number of aromatic carboxylic acids is 1. The van der Waals surface area contributed by atoms with Crippen LogP contribution in [0.2, 0.25) is 10.0 Å². The number of carboxylic acid groups (broad SMARTS) is 1. The Morgan fingerprint density at radius 3 is 2.19 bits per heavy atom.